The molecule has 0 spiro atoms. The number of aliphatic imine (C=N–C) groups is 1. The Morgan fingerprint density at radius 3 is 2.83 bits per heavy atom. The Hall–Kier alpha value is -1.55. The zero-order valence-corrected chi connectivity index (χ0v) is 14.4. The summed E-state index contributed by atoms with van der Waals surface area (Å²) in [6, 6.07) is 7.23. The van der Waals surface area contributed by atoms with E-state index < -0.39 is 0 Å². The maximum Gasteiger partial charge on any atom is 0.193 e. The second-order valence-corrected chi connectivity index (χ2v) is 6.96. The van der Waals surface area contributed by atoms with Crippen LogP contribution in [-0.4, -0.2) is 37.0 Å². The molecule has 2 aliphatic rings. The number of rotatable bonds is 5. The van der Waals surface area contributed by atoms with Gasteiger partial charge in [-0.1, -0.05) is 25.0 Å². The molecule has 1 fully saturated rings. The molecular weight excluding hydrogens is 284 g/mol. The van der Waals surface area contributed by atoms with Gasteiger partial charge in [-0.2, -0.15) is 0 Å². The Morgan fingerprint density at radius 2 is 2.00 bits per heavy atom. The predicted octanol–water partition coefficient (Wildman–Crippen LogP) is 3.17. The minimum absolute atomic E-state index is 0.545. The van der Waals surface area contributed by atoms with E-state index in [1.165, 1.54) is 56.1 Å². The highest BCUT2D eigenvalue weighted by molar-refractivity contribution is 5.93. The van der Waals surface area contributed by atoms with Crippen LogP contribution in [0.1, 0.15) is 49.7 Å². The van der Waals surface area contributed by atoms with Gasteiger partial charge in [-0.25, -0.2) is 0 Å². The summed E-state index contributed by atoms with van der Waals surface area (Å²) in [6.45, 7) is 1.75. The maximum absolute atomic E-state index is 6.10. The summed E-state index contributed by atoms with van der Waals surface area (Å²) in [5.74, 6) is 0.545. The molecule has 2 aliphatic carbocycles. The first kappa shape index (κ1) is 16.3. The Kier molecular flexibility index (Phi) is 5.55. The Balaban J connectivity index is 1.53. The number of hydrogen-bond donors (Lipinski definition) is 2. The smallest absolute Gasteiger partial charge is 0.193 e. The average Bonchev–Trinajstić information content (AvgIpc) is 3.10. The maximum atomic E-state index is 6.10. The number of hydrogen-bond acceptors (Lipinski definition) is 2. The fraction of sp³-hybridized carbons (Fsp3) is 0.632. The van der Waals surface area contributed by atoms with E-state index in [1.807, 2.05) is 0 Å². The Morgan fingerprint density at radius 1 is 1.22 bits per heavy atom. The molecule has 1 aromatic carbocycles. The third-order valence-corrected chi connectivity index (χ3v) is 5.34. The van der Waals surface area contributed by atoms with Gasteiger partial charge in [0.2, 0.25) is 0 Å². The molecule has 0 bridgehead atoms. The van der Waals surface area contributed by atoms with Gasteiger partial charge in [-0.15, -0.1) is 0 Å². The quantitative estimate of drug-likeness (QED) is 0.648. The number of anilines is 1. The molecule has 1 aromatic rings. The normalized spacial score (nSPS) is 19.1. The molecule has 3 N–H and O–H groups in total. The van der Waals surface area contributed by atoms with Crippen molar-refractivity contribution in [1.29, 1.82) is 0 Å². The molecular formula is C19H30N4. The van der Waals surface area contributed by atoms with E-state index in [9.17, 15) is 0 Å². The van der Waals surface area contributed by atoms with Crippen molar-refractivity contribution in [1.82, 2.24) is 4.90 Å². The summed E-state index contributed by atoms with van der Waals surface area (Å²) >= 11 is 0. The van der Waals surface area contributed by atoms with Gasteiger partial charge in [0.25, 0.3) is 0 Å². The molecule has 4 heteroatoms. The van der Waals surface area contributed by atoms with E-state index in [0.29, 0.717) is 5.96 Å². The van der Waals surface area contributed by atoms with Crippen LogP contribution >= 0.6 is 0 Å². The zero-order chi connectivity index (χ0) is 16.1. The highest BCUT2D eigenvalue weighted by Gasteiger charge is 2.18. The van der Waals surface area contributed by atoms with Crippen molar-refractivity contribution in [3.05, 3.63) is 29.3 Å². The fourth-order valence-electron chi connectivity index (χ4n) is 3.93. The van der Waals surface area contributed by atoms with Gasteiger partial charge in [0, 0.05) is 18.3 Å². The molecule has 3 rings (SSSR count). The van der Waals surface area contributed by atoms with Gasteiger partial charge in [0.15, 0.2) is 5.96 Å². The molecule has 126 valence electrons. The molecule has 0 aromatic heterocycles. The van der Waals surface area contributed by atoms with Crippen LogP contribution in [0.5, 0.6) is 0 Å². The number of guanidine groups is 1. The van der Waals surface area contributed by atoms with Crippen molar-refractivity contribution in [2.75, 3.05) is 25.5 Å². The number of nitrogens with zero attached hydrogens (tertiary/aromatic N) is 2. The van der Waals surface area contributed by atoms with Crippen molar-refractivity contribution < 1.29 is 0 Å². The minimum Gasteiger partial charge on any atom is -0.370 e. The van der Waals surface area contributed by atoms with Crippen LogP contribution < -0.4 is 11.1 Å². The predicted molar refractivity (Wildman–Crippen MR) is 98.1 cm³/mol. The number of aryl methyl sites for hydroxylation is 1. The van der Waals surface area contributed by atoms with E-state index in [2.05, 4.69) is 40.5 Å². The molecule has 4 nitrogen and oxygen atoms in total. The van der Waals surface area contributed by atoms with Crippen molar-refractivity contribution in [2.24, 2.45) is 10.7 Å². The lowest BCUT2D eigenvalue weighted by molar-refractivity contribution is 0.252. The van der Waals surface area contributed by atoms with E-state index in [4.69, 9.17) is 5.73 Å². The monoisotopic (exact) mass is 314 g/mol. The van der Waals surface area contributed by atoms with Gasteiger partial charge >= 0.3 is 0 Å². The summed E-state index contributed by atoms with van der Waals surface area (Å²) < 4.78 is 0. The van der Waals surface area contributed by atoms with Crippen LogP contribution in [0.4, 0.5) is 5.69 Å². The number of benzene rings is 1. The lowest BCUT2D eigenvalue weighted by Crippen LogP contribution is -2.32. The SMILES string of the molecule is CN(CCN=C(N)Nc1cccc2c1CCCC2)C1CCCC1. The molecule has 23 heavy (non-hydrogen) atoms. The summed E-state index contributed by atoms with van der Waals surface area (Å²) in [4.78, 5) is 6.96. The lowest BCUT2D eigenvalue weighted by Gasteiger charge is -2.23. The van der Waals surface area contributed by atoms with Crippen LogP contribution in [0.3, 0.4) is 0 Å². The third kappa shape index (κ3) is 4.25. The number of likely N-dealkylation sites (N-methyl/N-ethyl adjacent to an activating group) is 1. The first-order chi connectivity index (χ1) is 11.2. The van der Waals surface area contributed by atoms with E-state index in [1.54, 1.807) is 0 Å². The summed E-state index contributed by atoms with van der Waals surface area (Å²) in [7, 11) is 2.21. The lowest BCUT2D eigenvalue weighted by atomic mass is 9.90. The summed E-state index contributed by atoms with van der Waals surface area (Å²) in [5, 5.41) is 3.32. The van der Waals surface area contributed by atoms with Crippen LogP contribution in [0.25, 0.3) is 0 Å². The highest BCUT2D eigenvalue weighted by atomic mass is 15.2. The van der Waals surface area contributed by atoms with E-state index >= 15 is 0 Å². The minimum atomic E-state index is 0.545. The molecule has 0 aliphatic heterocycles. The Labute approximate surface area is 140 Å². The van der Waals surface area contributed by atoms with Crippen LogP contribution in [0, 0.1) is 0 Å². The zero-order valence-electron chi connectivity index (χ0n) is 14.4. The first-order valence-corrected chi connectivity index (χ1v) is 9.12. The van der Waals surface area contributed by atoms with Gasteiger partial charge < -0.3 is 16.0 Å². The largest absolute Gasteiger partial charge is 0.370 e. The summed E-state index contributed by atoms with van der Waals surface area (Å²) in [5.41, 5.74) is 10.1. The molecule has 0 heterocycles. The highest BCUT2D eigenvalue weighted by Crippen LogP contribution is 2.27. The second kappa shape index (κ2) is 7.82. The van der Waals surface area contributed by atoms with Gasteiger partial charge in [-0.05, 0) is 62.8 Å². The van der Waals surface area contributed by atoms with Crippen molar-refractivity contribution in [3.8, 4) is 0 Å². The van der Waals surface area contributed by atoms with Crippen molar-refractivity contribution >= 4 is 11.6 Å². The molecule has 0 saturated heterocycles. The summed E-state index contributed by atoms with van der Waals surface area (Å²) in [6.07, 6.45) is 10.3. The van der Waals surface area contributed by atoms with Gasteiger partial charge in [0.1, 0.15) is 0 Å². The molecule has 0 amide bonds. The second-order valence-electron chi connectivity index (χ2n) is 6.96. The van der Waals surface area contributed by atoms with Crippen molar-refractivity contribution in [3.63, 3.8) is 0 Å². The standard InChI is InChI=1S/C19H30N4/c1-23(16-9-3-4-10-16)14-13-21-19(20)22-18-12-6-8-15-7-2-5-11-17(15)18/h6,8,12,16H,2-5,7,9-11,13-14H2,1H3,(H3,20,21,22). The Bertz CT molecular complexity index is 546. The number of fused-ring (bicyclic) bond motifs is 1. The van der Waals surface area contributed by atoms with E-state index in [-0.39, 0.29) is 0 Å². The first-order valence-electron chi connectivity index (χ1n) is 9.12. The molecule has 0 radical (unpaired) electrons. The average molecular weight is 314 g/mol. The van der Waals surface area contributed by atoms with Gasteiger partial charge in [-0.3, -0.25) is 4.99 Å². The third-order valence-electron chi connectivity index (χ3n) is 5.34. The topological polar surface area (TPSA) is 53.6 Å². The molecule has 1 saturated carbocycles. The van der Waals surface area contributed by atoms with Crippen molar-refractivity contribution in [2.45, 2.75) is 57.4 Å². The van der Waals surface area contributed by atoms with Crippen LogP contribution in [-0.2, 0) is 12.8 Å². The van der Waals surface area contributed by atoms with Gasteiger partial charge in [0.05, 0.1) is 6.54 Å². The van der Waals surface area contributed by atoms with Crippen LogP contribution in [0.2, 0.25) is 0 Å². The van der Waals surface area contributed by atoms with E-state index in [0.717, 1.165) is 31.2 Å². The number of nitrogens with one attached hydrogen (secondary N) is 1. The molecule has 0 atom stereocenters. The number of nitrogens with two attached hydrogens (primary N) is 1. The fourth-order valence-corrected chi connectivity index (χ4v) is 3.93. The molecule has 0 unspecified atom stereocenters. The van der Waals surface area contributed by atoms with Crippen LogP contribution in [0.15, 0.2) is 23.2 Å².